The standard InChI is InChI=1S/C17H17FN6O4/c1-2-22-7-5-13(20-22)10-19-17(25)14-6-8-23(21-14)11-28-16-9-12(18)3-4-15(16)24(26)27/h3-9H,2,10-11H2,1H3,(H,19,25). The predicted octanol–water partition coefficient (Wildman–Crippen LogP) is 2.11. The molecule has 2 aromatic heterocycles. The molecule has 0 atom stereocenters. The summed E-state index contributed by atoms with van der Waals surface area (Å²) in [7, 11) is 0. The monoisotopic (exact) mass is 388 g/mol. The molecule has 1 amide bonds. The number of amides is 1. The van der Waals surface area contributed by atoms with Crippen molar-refractivity contribution in [2.75, 3.05) is 0 Å². The number of halogens is 1. The molecule has 0 aliphatic carbocycles. The van der Waals surface area contributed by atoms with Crippen LogP contribution in [0.15, 0.2) is 42.7 Å². The summed E-state index contributed by atoms with van der Waals surface area (Å²) >= 11 is 0. The van der Waals surface area contributed by atoms with Crippen molar-refractivity contribution in [3.8, 4) is 5.75 Å². The van der Waals surface area contributed by atoms with Crippen LogP contribution in [0.3, 0.4) is 0 Å². The van der Waals surface area contributed by atoms with Crippen LogP contribution in [-0.2, 0) is 19.8 Å². The number of aryl methyl sites for hydroxylation is 1. The molecule has 1 aromatic carbocycles. The fourth-order valence-electron chi connectivity index (χ4n) is 2.38. The van der Waals surface area contributed by atoms with Crippen LogP contribution in [0.4, 0.5) is 10.1 Å². The van der Waals surface area contributed by atoms with Crippen molar-refractivity contribution in [1.82, 2.24) is 24.9 Å². The Bertz CT molecular complexity index is 999. The molecule has 0 unspecified atom stereocenters. The Morgan fingerprint density at radius 1 is 1.25 bits per heavy atom. The highest BCUT2D eigenvalue weighted by atomic mass is 19.1. The van der Waals surface area contributed by atoms with Crippen LogP contribution in [0.2, 0.25) is 0 Å². The number of rotatable bonds is 8. The molecule has 0 saturated carbocycles. The topological polar surface area (TPSA) is 117 Å². The first-order chi connectivity index (χ1) is 13.5. The molecule has 146 valence electrons. The van der Waals surface area contributed by atoms with Crippen molar-refractivity contribution in [2.45, 2.75) is 26.7 Å². The van der Waals surface area contributed by atoms with Crippen molar-refractivity contribution in [3.05, 3.63) is 70.0 Å². The lowest BCUT2D eigenvalue weighted by molar-refractivity contribution is -0.386. The van der Waals surface area contributed by atoms with Crippen molar-refractivity contribution in [3.63, 3.8) is 0 Å². The average molecular weight is 388 g/mol. The summed E-state index contributed by atoms with van der Waals surface area (Å²) in [6.07, 6.45) is 3.30. The number of carbonyl (C=O) groups is 1. The number of hydrogen-bond acceptors (Lipinski definition) is 6. The van der Waals surface area contributed by atoms with Crippen LogP contribution in [-0.4, -0.2) is 30.4 Å². The first-order valence-electron chi connectivity index (χ1n) is 8.37. The van der Waals surface area contributed by atoms with Gasteiger partial charge in [-0.2, -0.15) is 10.2 Å². The number of aromatic nitrogens is 4. The van der Waals surface area contributed by atoms with E-state index in [2.05, 4.69) is 15.5 Å². The van der Waals surface area contributed by atoms with E-state index >= 15 is 0 Å². The van der Waals surface area contributed by atoms with E-state index in [1.165, 1.54) is 16.9 Å². The zero-order valence-electron chi connectivity index (χ0n) is 14.9. The first-order valence-corrected chi connectivity index (χ1v) is 8.37. The third-order valence-electron chi connectivity index (χ3n) is 3.79. The van der Waals surface area contributed by atoms with Crippen LogP contribution < -0.4 is 10.1 Å². The summed E-state index contributed by atoms with van der Waals surface area (Å²) in [5.41, 5.74) is 0.502. The smallest absolute Gasteiger partial charge is 0.311 e. The largest absolute Gasteiger partial charge is 0.464 e. The molecule has 1 N–H and O–H groups in total. The van der Waals surface area contributed by atoms with Gasteiger partial charge in [0, 0.05) is 31.1 Å². The number of ether oxygens (including phenoxy) is 1. The fourth-order valence-corrected chi connectivity index (χ4v) is 2.38. The molecule has 3 aromatic rings. The Labute approximate surface area is 158 Å². The van der Waals surface area contributed by atoms with E-state index in [-0.39, 0.29) is 30.4 Å². The molecule has 11 heteroatoms. The zero-order chi connectivity index (χ0) is 20.1. The van der Waals surface area contributed by atoms with Crippen molar-refractivity contribution < 1.29 is 18.8 Å². The van der Waals surface area contributed by atoms with E-state index in [0.29, 0.717) is 0 Å². The lowest BCUT2D eigenvalue weighted by Gasteiger charge is -2.07. The van der Waals surface area contributed by atoms with Gasteiger partial charge in [0.15, 0.2) is 6.73 Å². The molecule has 0 spiro atoms. The van der Waals surface area contributed by atoms with Gasteiger partial charge < -0.3 is 10.1 Å². The van der Waals surface area contributed by atoms with Gasteiger partial charge >= 0.3 is 5.69 Å². The maximum Gasteiger partial charge on any atom is 0.311 e. The van der Waals surface area contributed by atoms with Gasteiger partial charge in [-0.1, -0.05) is 0 Å². The number of nitrogens with zero attached hydrogens (tertiary/aromatic N) is 5. The SMILES string of the molecule is CCn1ccc(CNC(=O)c2ccn(COc3cc(F)ccc3[N+](=O)[O-])n2)n1. The molecule has 0 radical (unpaired) electrons. The molecule has 2 heterocycles. The Kier molecular flexibility index (Phi) is 5.63. The summed E-state index contributed by atoms with van der Waals surface area (Å²) in [4.78, 5) is 22.5. The summed E-state index contributed by atoms with van der Waals surface area (Å²) in [5, 5.41) is 22.0. The molecule has 0 aliphatic rings. The molecule has 0 fully saturated rings. The van der Waals surface area contributed by atoms with Crippen LogP contribution in [0.1, 0.15) is 23.1 Å². The van der Waals surface area contributed by atoms with Gasteiger partial charge in [0.05, 0.1) is 17.2 Å². The van der Waals surface area contributed by atoms with E-state index < -0.39 is 16.6 Å². The normalized spacial score (nSPS) is 10.6. The van der Waals surface area contributed by atoms with Crippen molar-refractivity contribution >= 4 is 11.6 Å². The van der Waals surface area contributed by atoms with Gasteiger partial charge in [-0.3, -0.25) is 19.6 Å². The molecule has 0 saturated heterocycles. The molecule has 0 aliphatic heterocycles. The van der Waals surface area contributed by atoms with E-state index in [0.717, 1.165) is 30.4 Å². The summed E-state index contributed by atoms with van der Waals surface area (Å²) in [5.74, 6) is -1.29. The van der Waals surface area contributed by atoms with Crippen LogP contribution in [0, 0.1) is 15.9 Å². The lowest BCUT2D eigenvalue weighted by Crippen LogP contribution is -2.24. The quantitative estimate of drug-likeness (QED) is 0.467. The molecule has 0 bridgehead atoms. The third-order valence-corrected chi connectivity index (χ3v) is 3.79. The second-order valence-corrected chi connectivity index (χ2v) is 5.73. The highest BCUT2D eigenvalue weighted by Gasteiger charge is 2.16. The highest BCUT2D eigenvalue weighted by molar-refractivity contribution is 5.92. The fraction of sp³-hybridized carbons (Fsp3) is 0.235. The van der Waals surface area contributed by atoms with Gasteiger partial charge in [0.2, 0.25) is 5.75 Å². The average Bonchev–Trinajstić information content (AvgIpc) is 3.33. The van der Waals surface area contributed by atoms with Gasteiger partial charge in [-0.25, -0.2) is 9.07 Å². The van der Waals surface area contributed by atoms with E-state index in [1.807, 2.05) is 19.2 Å². The highest BCUT2D eigenvalue weighted by Crippen LogP contribution is 2.27. The number of nitrogens with one attached hydrogen (secondary N) is 1. The van der Waals surface area contributed by atoms with Crippen molar-refractivity contribution in [1.29, 1.82) is 0 Å². The first kappa shape index (κ1) is 19.0. The van der Waals surface area contributed by atoms with E-state index in [9.17, 15) is 19.3 Å². The molecule has 10 nitrogen and oxygen atoms in total. The number of nitro groups is 1. The number of benzene rings is 1. The van der Waals surface area contributed by atoms with Gasteiger partial charge in [-0.15, -0.1) is 0 Å². The molecule has 3 rings (SSSR count). The lowest BCUT2D eigenvalue weighted by atomic mass is 10.3. The maximum absolute atomic E-state index is 13.3. The zero-order valence-corrected chi connectivity index (χ0v) is 14.9. The van der Waals surface area contributed by atoms with E-state index in [4.69, 9.17) is 4.74 Å². The minimum absolute atomic E-state index is 0.146. The number of nitro benzene ring substituents is 1. The maximum atomic E-state index is 13.3. The third kappa shape index (κ3) is 4.50. The Hall–Kier alpha value is -3.76. The summed E-state index contributed by atoms with van der Waals surface area (Å²) in [6.45, 7) is 2.73. The summed E-state index contributed by atoms with van der Waals surface area (Å²) < 4.78 is 21.6. The molecular weight excluding hydrogens is 371 g/mol. The van der Waals surface area contributed by atoms with Crippen LogP contribution in [0.25, 0.3) is 0 Å². The van der Waals surface area contributed by atoms with Crippen molar-refractivity contribution in [2.24, 2.45) is 0 Å². The number of hydrogen-bond donors (Lipinski definition) is 1. The Balaban J connectivity index is 1.59. The Morgan fingerprint density at radius 2 is 2.04 bits per heavy atom. The summed E-state index contributed by atoms with van der Waals surface area (Å²) in [6, 6.07) is 6.20. The van der Waals surface area contributed by atoms with E-state index in [1.54, 1.807) is 4.68 Å². The van der Waals surface area contributed by atoms with Gasteiger partial charge in [0.1, 0.15) is 11.5 Å². The predicted molar refractivity (Wildman–Crippen MR) is 95.0 cm³/mol. The second-order valence-electron chi connectivity index (χ2n) is 5.73. The molecule has 28 heavy (non-hydrogen) atoms. The van der Waals surface area contributed by atoms with Gasteiger partial charge in [0.25, 0.3) is 5.91 Å². The number of carbonyl (C=O) groups excluding carboxylic acids is 1. The minimum Gasteiger partial charge on any atom is -0.464 e. The minimum atomic E-state index is -0.670. The van der Waals surface area contributed by atoms with Gasteiger partial charge in [-0.05, 0) is 25.1 Å². The van der Waals surface area contributed by atoms with Crippen LogP contribution in [0.5, 0.6) is 5.75 Å². The Morgan fingerprint density at radius 3 is 2.75 bits per heavy atom. The second kappa shape index (κ2) is 8.29. The molecular formula is C17H17FN6O4. The van der Waals surface area contributed by atoms with Crippen LogP contribution >= 0.6 is 0 Å².